The number of methoxy groups -OCH3 is 2. The molecule has 0 saturated carbocycles. The molecule has 0 aliphatic rings. The van der Waals surface area contributed by atoms with Crippen molar-refractivity contribution < 1.29 is 23.8 Å². The van der Waals surface area contributed by atoms with Crippen LogP contribution in [0.3, 0.4) is 0 Å². The SMILES string of the molecule is COc1cc(OC)cc(C(=O)OCNC(C)=O)c1. The number of carbonyl (C=O) groups excluding carboxylic acids is 2. The minimum Gasteiger partial charge on any atom is -0.497 e. The van der Waals surface area contributed by atoms with E-state index in [0.717, 1.165) is 0 Å². The fourth-order valence-electron chi connectivity index (χ4n) is 1.21. The molecule has 1 N–H and O–H groups in total. The highest BCUT2D eigenvalue weighted by atomic mass is 16.5. The number of carbonyl (C=O) groups is 2. The lowest BCUT2D eigenvalue weighted by Crippen LogP contribution is -2.25. The Morgan fingerprint density at radius 2 is 1.67 bits per heavy atom. The topological polar surface area (TPSA) is 73.9 Å². The highest BCUT2D eigenvalue weighted by Crippen LogP contribution is 2.22. The Balaban J connectivity index is 2.75. The van der Waals surface area contributed by atoms with Crippen molar-refractivity contribution in [1.82, 2.24) is 5.32 Å². The van der Waals surface area contributed by atoms with Crippen LogP contribution in [0.15, 0.2) is 18.2 Å². The lowest BCUT2D eigenvalue weighted by atomic mass is 10.2. The Morgan fingerprint density at radius 1 is 1.11 bits per heavy atom. The first-order chi connectivity index (χ1) is 8.56. The average Bonchev–Trinajstić information content (AvgIpc) is 2.37. The molecule has 1 aromatic carbocycles. The van der Waals surface area contributed by atoms with E-state index in [9.17, 15) is 9.59 Å². The van der Waals surface area contributed by atoms with E-state index in [1.807, 2.05) is 0 Å². The normalized spacial score (nSPS) is 9.50. The zero-order valence-corrected chi connectivity index (χ0v) is 10.5. The Hall–Kier alpha value is -2.24. The number of hydrogen-bond acceptors (Lipinski definition) is 5. The van der Waals surface area contributed by atoms with Crippen molar-refractivity contribution in [3.05, 3.63) is 23.8 Å². The van der Waals surface area contributed by atoms with Crippen molar-refractivity contribution in [2.45, 2.75) is 6.92 Å². The van der Waals surface area contributed by atoms with Crippen LogP contribution >= 0.6 is 0 Å². The summed E-state index contributed by atoms with van der Waals surface area (Å²) < 4.78 is 14.9. The van der Waals surface area contributed by atoms with E-state index >= 15 is 0 Å². The van der Waals surface area contributed by atoms with Crippen LogP contribution in [-0.2, 0) is 9.53 Å². The summed E-state index contributed by atoms with van der Waals surface area (Å²) in [6.45, 7) is 1.16. The van der Waals surface area contributed by atoms with Gasteiger partial charge >= 0.3 is 5.97 Å². The van der Waals surface area contributed by atoms with E-state index in [-0.39, 0.29) is 18.2 Å². The summed E-state index contributed by atoms with van der Waals surface area (Å²) in [6, 6.07) is 4.70. The van der Waals surface area contributed by atoms with E-state index in [0.29, 0.717) is 11.5 Å². The maximum absolute atomic E-state index is 11.7. The second kappa shape index (κ2) is 6.48. The molecule has 0 atom stereocenters. The van der Waals surface area contributed by atoms with Crippen molar-refractivity contribution in [1.29, 1.82) is 0 Å². The zero-order chi connectivity index (χ0) is 13.5. The van der Waals surface area contributed by atoms with Gasteiger partial charge in [0.2, 0.25) is 5.91 Å². The summed E-state index contributed by atoms with van der Waals surface area (Å²) in [5.41, 5.74) is 0.288. The number of rotatable bonds is 5. The Morgan fingerprint density at radius 3 is 2.11 bits per heavy atom. The summed E-state index contributed by atoms with van der Waals surface area (Å²) in [6.07, 6.45) is 0. The van der Waals surface area contributed by atoms with Crippen molar-refractivity contribution in [3.63, 3.8) is 0 Å². The molecule has 1 aromatic rings. The van der Waals surface area contributed by atoms with Crippen LogP contribution < -0.4 is 14.8 Å². The van der Waals surface area contributed by atoms with Gasteiger partial charge < -0.3 is 19.5 Å². The predicted octanol–water partition coefficient (Wildman–Crippen LogP) is 0.954. The molecule has 0 aromatic heterocycles. The summed E-state index contributed by atoms with van der Waals surface area (Å²) in [5, 5.41) is 2.36. The second-order valence-electron chi connectivity index (χ2n) is 3.41. The van der Waals surface area contributed by atoms with Crippen LogP contribution in [0.4, 0.5) is 0 Å². The predicted molar refractivity (Wildman–Crippen MR) is 63.6 cm³/mol. The first-order valence-corrected chi connectivity index (χ1v) is 5.21. The molecule has 0 fully saturated rings. The number of hydrogen-bond donors (Lipinski definition) is 1. The molecule has 6 nitrogen and oxygen atoms in total. The molecular formula is C12H15NO5. The number of amides is 1. The monoisotopic (exact) mass is 253 g/mol. The van der Waals surface area contributed by atoms with Crippen molar-refractivity contribution in [3.8, 4) is 11.5 Å². The van der Waals surface area contributed by atoms with Gasteiger partial charge in [-0.25, -0.2) is 4.79 Å². The van der Waals surface area contributed by atoms with E-state index < -0.39 is 5.97 Å². The quantitative estimate of drug-likeness (QED) is 0.624. The third-order valence-corrected chi connectivity index (χ3v) is 2.11. The highest BCUT2D eigenvalue weighted by Gasteiger charge is 2.11. The molecule has 0 unspecified atom stereocenters. The van der Waals surface area contributed by atoms with Crippen LogP contribution in [-0.4, -0.2) is 32.8 Å². The van der Waals surface area contributed by atoms with Crippen LogP contribution in [0.1, 0.15) is 17.3 Å². The second-order valence-corrected chi connectivity index (χ2v) is 3.41. The van der Waals surface area contributed by atoms with Gasteiger partial charge in [-0.1, -0.05) is 0 Å². The van der Waals surface area contributed by atoms with Gasteiger partial charge in [-0.15, -0.1) is 0 Å². The van der Waals surface area contributed by atoms with Gasteiger partial charge in [0.15, 0.2) is 6.73 Å². The Bertz CT molecular complexity index is 422. The molecule has 1 rings (SSSR count). The molecule has 0 saturated heterocycles. The van der Waals surface area contributed by atoms with Crippen LogP contribution in [0.25, 0.3) is 0 Å². The standard InChI is InChI=1S/C12H15NO5/c1-8(14)13-7-18-12(15)9-4-10(16-2)6-11(5-9)17-3/h4-6H,7H2,1-3H3,(H,13,14). The van der Waals surface area contributed by atoms with E-state index in [4.69, 9.17) is 14.2 Å². The first-order valence-electron chi connectivity index (χ1n) is 5.21. The van der Waals surface area contributed by atoms with Crippen molar-refractivity contribution in [2.75, 3.05) is 21.0 Å². The largest absolute Gasteiger partial charge is 0.497 e. The summed E-state index contributed by atoms with van der Waals surface area (Å²) in [5.74, 6) is 0.133. The van der Waals surface area contributed by atoms with Gasteiger partial charge in [0.1, 0.15) is 11.5 Å². The van der Waals surface area contributed by atoms with Crippen LogP contribution in [0.2, 0.25) is 0 Å². The van der Waals surface area contributed by atoms with E-state index in [2.05, 4.69) is 5.32 Å². The minimum absolute atomic E-state index is 0.173. The van der Waals surface area contributed by atoms with Gasteiger partial charge in [-0.05, 0) is 12.1 Å². The smallest absolute Gasteiger partial charge is 0.340 e. The molecule has 98 valence electrons. The lowest BCUT2D eigenvalue weighted by Gasteiger charge is -2.08. The molecule has 0 heterocycles. The lowest BCUT2D eigenvalue weighted by molar-refractivity contribution is -0.120. The van der Waals surface area contributed by atoms with Crippen molar-refractivity contribution >= 4 is 11.9 Å². The summed E-state index contributed by atoms with van der Waals surface area (Å²) >= 11 is 0. The molecule has 6 heteroatoms. The summed E-state index contributed by atoms with van der Waals surface area (Å²) in [7, 11) is 2.97. The van der Waals surface area contributed by atoms with Gasteiger partial charge in [0.25, 0.3) is 0 Å². The fraction of sp³-hybridized carbons (Fsp3) is 0.333. The number of nitrogens with one attached hydrogen (secondary N) is 1. The zero-order valence-electron chi connectivity index (χ0n) is 10.5. The molecule has 0 aliphatic heterocycles. The number of ether oxygens (including phenoxy) is 3. The first kappa shape index (κ1) is 13.8. The molecule has 0 spiro atoms. The van der Waals surface area contributed by atoms with Gasteiger partial charge in [0.05, 0.1) is 19.8 Å². The Kier molecular flexibility index (Phi) is 4.98. The molecule has 18 heavy (non-hydrogen) atoms. The van der Waals surface area contributed by atoms with Crippen LogP contribution in [0.5, 0.6) is 11.5 Å². The maximum Gasteiger partial charge on any atom is 0.340 e. The fourth-order valence-corrected chi connectivity index (χ4v) is 1.21. The summed E-state index contributed by atoms with van der Waals surface area (Å²) in [4.78, 5) is 22.3. The number of esters is 1. The molecule has 0 radical (unpaired) electrons. The Labute approximate surface area is 105 Å². The minimum atomic E-state index is -0.569. The van der Waals surface area contributed by atoms with E-state index in [1.54, 1.807) is 6.07 Å². The van der Waals surface area contributed by atoms with Gasteiger partial charge in [-0.2, -0.15) is 0 Å². The van der Waals surface area contributed by atoms with Gasteiger partial charge in [0, 0.05) is 13.0 Å². The maximum atomic E-state index is 11.7. The molecule has 0 aliphatic carbocycles. The average molecular weight is 253 g/mol. The molecule has 0 bridgehead atoms. The number of benzene rings is 1. The molecule has 1 amide bonds. The highest BCUT2D eigenvalue weighted by molar-refractivity contribution is 5.90. The van der Waals surface area contributed by atoms with Crippen LogP contribution in [0, 0.1) is 0 Å². The van der Waals surface area contributed by atoms with Crippen molar-refractivity contribution in [2.24, 2.45) is 0 Å². The van der Waals surface area contributed by atoms with Gasteiger partial charge in [-0.3, -0.25) is 4.79 Å². The third-order valence-electron chi connectivity index (χ3n) is 2.11. The van der Waals surface area contributed by atoms with E-state index in [1.165, 1.54) is 33.3 Å². The molecular weight excluding hydrogens is 238 g/mol. The third kappa shape index (κ3) is 3.97.